The van der Waals surface area contributed by atoms with Gasteiger partial charge in [0.25, 0.3) is 0 Å². The Morgan fingerprint density at radius 1 is 1.03 bits per heavy atom. The Labute approximate surface area is 210 Å². The van der Waals surface area contributed by atoms with E-state index in [0.717, 1.165) is 12.0 Å². The number of benzene rings is 2. The number of nitrogens with one attached hydrogen (secondary N) is 3. The maximum absolute atomic E-state index is 12.9. The van der Waals surface area contributed by atoms with E-state index < -0.39 is 6.61 Å². The summed E-state index contributed by atoms with van der Waals surface area (Å²) in [7, 11) is 0. The predicted octanol–water partition coefficient (Wildman–Crippen LogP) is 3.72. The number of alkyl halides is 2. The van der Waals surface area contributed by atoms with Crippen LogP contribution in [0.3, 0.4) is 0 Å². The molecule has 1 amide bonds. The van der Waals surface area contributed by atoms with E-state index in [1.54, 1.807) is 25.1 Å². The molecule has 0 fully saturated rings. The molecule has 0 bridgehead atoms. The standard InChI is InChI=1S/C23H30F2N4O3.HI/c1-3-26-23(29-16-20(30)27-14-13-17-9-6-5-7-10-17)28-15-18-11-8-12-19(31-4-2)21(18)32-22(24)25;/h5-12,22H,3-4,13-16H2,1-2H3,(H,27,30)(H2,26,28,29);1H. The molecule has 0 saturated carbocycles. The molecule has 33 heavy (non-hydrogen) atoms. The van der Waals surface area contributed by atoms with Crippen molar-refractivity contribution in [3.63, 3.8) is 0 Å². The third-order valence-electron chi connectivity index (χ3n) is 4.31. The van der Waals surface area contributed by atoms with Gasteiger partial charge >= 0.3 is 6.61 Å². The molecule has 182 valence electrons. The molecule has 0 aliphatic heterocycles. The maximum Gasteiger partial charge on any atom is 0.387 e. The number of aliphatic imine (C=N–C) groups is 1. The van der Waals surface area contributed by atoms with Crippen LogP contribution in [0.15, 0.2) is 53.5 Å². The van der Waals surface area contributed by atoms with Crippen LogP contribution in [-0.4, -0.2) is 44.7 Å². The Bertz CT molecular complexity index is 870. The van der Waals surface area contributed by atoms with Gasteiger partial charge in [-0.2, -0.15) is 8.78 Å². The molecule has 3 N–H and O–H groups in total. The minimum absolute atomic E-state index is 0. The fourth-order valence-corrected chi connectivity index (χ4v) is 2.90. The van der Waals surface area contributed by atoms with Gasteiger partial charge in [-0.3, -0.25) is 4.79 Å². The zero-order valence-electron chi connectivity index (χ0n) is 18.8. The molecule has 0 unspecified atom stereocenters. The molecule has 0 spiro atoms. The Balaban J connectivity index is 0.00000544. The van der Waals surface area contributed by atoms with Crippen LogP contribution in [0.2, 0.25) is 0 Å². The largest absolute Gasteiger partial charge is 0.490 e. The summed E-state index contributed by atoms with van der Waals surface area (Å²) in [5, 5.41) is 8.83. The Hall–Kier alpha value is -2.63. The van der Waals surface area contributed by atoms with E-state index in [0.29, 0.717) is 31.2 Å². The van der Waals surface area contributed by atoms with Gasteiger partial charge in [0, 0.05) is 18.7 Å². The van der Waals surface area contributed by atoms with Crippen molar-refractivity contribution in [1.29, 1.82) is 0 Å². The number of hydrogen-bond donors (Lipinski definition) is 3. The summed E-state index contributed by atoms with van der Waals surface area (Å²) >= 11 is 0. The lowest BCUT2D eigenvalue weighted by molar-refractivity contribution is -0.119. The number of hydrogen-bond acceptors (Lipinski definition) is 4. The lowest BCUT2D eigenvalue weighted by atomic mass is 10.1. The van der Waals surface area contributed by atoms with Crippen molar-refractivity contribution in [2.24, 2.45) is 4.99 Å². The third kappa shape index (κ3) is 10.7. The number of para-hydroxylation sites is 1. The van der Waals surface area contributed by atoms with Crippen LogP contribution in [0.1, 0.15) is 25.0 Å². The number of nitrogens with zero attached hydrogens (tertiary/aromatic N) is 1. The van der Waals surface area contributed by atoms with E-state index in [2.05, 4.69) is 25.7 Å². The molecule has 2 rings (SSSR count). The summed E-state index contributed by atoms with van der Waals surface area (Å²) in [4.78, 5) is 16.5. The van der Waals surface area contributed by atoms with Gasteiger partial charge in [0.05, 0.1) is 19.7 Å². The number of halogens is 3. The molecule has 0 heterocycles. The van der Waals surface area contributed by atoms with Crippen molar-refractivity contribution in [3.8, 4) is 11.5 Å². The predicted molar refractivity (Wildman–Crippen MR) is 136 cm³/mol. The van der Waals surface area contributed by atoms with E-state index in [1.165, 1.54) is 0 Å². The van der Waals surface area contributed by atoms with Crippen molar-refractivity contribution in [1.82, 2.24) is 16.0 Å². The highest BCUT2D eigenvalue weighted by Crippen LogP contribution is 2.33. The Morgan fingerprint density at radius 3 is 2.45 bits per heavy atom. The minimum Gasteiger partial charge on any atom is -0.490 e. The van der Waals surface area contributed by atoms with Crippen LogP contribution in [0.25, 0.3) is 0 Å². The van der Waals surface area contributed by atoms with Gasteiger partial charge in [0.1, 0.15) is 0 Å². The molecular formula is C23H31F2IN4O3. The van der Waals surface area contributed by atoms with Gasteiger partial charge in [-0.05, 0) is 31.9 Å². The van der Waals surface area contributed by atoms with Gasteiger partial charge in [0.2, 0.25) is 5.91 Å². The molecule has 2 aromatic rings. The first-order valence-electron chi connectivity index (χ1n) is 10.6. The maximum atomic E-state index is 12.9. The lowest BCUT2D eigenvalue weighted by Gasteiger charge is -2.15. The normalized spacial score (nSPS) is 10.9. The van der Waals surface area contributed by atoms with Crippen LogP contribution in [0.5, 0.6) is 11.5 Å². The topological polar surface area (TPSA) is 84.0 Å². The zero-order chi connectivity index (χ0) is 23.2. The van der Waals surface area contributed by atoms with Crippen LogP contribution in [0, 0.1) is 0 Å². The second kappa shape index (κ2) is 16.1. The van der Waals surface area contributed by atoms with Crippen LogP contribution in [-0.2, 0) is 17.8 Å². The quantitative estimate of drug-likeness (QED) is 0.204. The summed E-state index contributed by atoms with van der Waals surface area (Å²) < 4.78 is 35.8. The number of guanidine groups is 1. The van der Waals surface area contributed by atoms with Gasteiger partial charge in [-0.25, -0.2) is 4.99 Å². The number of ether oxygens (including phenoxy) is 2. The second-order valence-electron chi connectivity index (χ2n) is 6.69. The molecule has 0 aliphatic rings. The van der Waals surface area contributed by atoms with E-state index in [1.807, 2.05) is 37.3 Å². The van der Waals surface area contributed by atoms with Crippen molar-refractivity contribution < 1.29 is 23.0 Å². The third-order valence-corrected chi connectivity index (χ3v) is 4.31. The molecule has 0 radical (unpaired) electrons. The van der Waals surface area contributed by atoms with Crippen molar-refractivity contribution in [2.45, 2.75) is 33.4 Å². The number of carbonyl (C=O) groups is 1. The van der Waals surface area contributed by atoms with Gasteiger partial charge in [0.15, 0.2) is 17.5 Å². The average molecular weight is 576 g/mol. The highest BCUT2D eigenvalue weighted by molar-refractivity contribution is 14.0. The number of carbonyl (C=O) groups excluding carboxylic acids is 1. The van der Waals surface area contributed by atoms with Gasteiger partial charge in [-0.1, -0.05) is 42.5 Å². The first kappa shape index (κ1) is 28.4. The van der Waals surface area contributed by atoms with E-state index in [9.17, 15) is 13.6 Å². The monoisotopic (exact) mass is 576 g/mol. The highest BCUT2D eigenvalue weighted by atomic mass is 127. The summed E-state index contributed by atoms with van der Waals surface area (Å²) in [5.74, 6) is 0.404. The average Bonchev–Trinajstić information content (AvgIpc) is 2.78. The van der Waals surface area contributed by atoms with Gasteiger partial charge in [-0.15, -0.1) is 24.0 Å². The SMILES string of the molecule is CCNC(=NCc1cccc(OCC)c1OC(F)F)NCC(=O)NCCc1ccccc1.I. The molecule has 10 heteroatoms. The highest BCUT2D eigenvalue weighted by Gasteiger charge is 2.15. The Morgan fingerprint density at radius 2 is 1.79 bits per heavy atom. The van der Waals surface area contributed by atoms with E-state index >= 15 is 0 Å². The molecular weight excluding hydrogens is 545 g/mol. The molecule has 0 aliphatic carbocycles. The molecule has 0 aromatic heterocycles. The smallest absolute Gasteiger partial charge is 0.387 e. The van der Waals surface area contributed by atoms with Crippen molar-refractivity contribution in [3.05, 3.63) is 59.7 Å². The summed E-state index contributed by atoms with van der Waals surface area (Å²) in [5.41, 5.74) is 1.59. The van der Waals surface area contributed by atoms with E-state index in [-0.39, 0.29) is 54.5 Å². The fraction of sp³-hybridized carbons (Fsp3) is 0.391. The fourth-order valence-electron chi connectivity index (χ4n) is 2.90. The van der Waals surface area contributed by atoms with Crippen LogP contribution < -0.4 is 25.4 Å². The number of amides is 1. The van der Waals surface area contributed by atoms with Gasteiger partial charge < -0.3 is 25.4 Å². The summed E-state index contributed by atoms with van der Waals surface area (Å²) in [6.07, 6.45) is 0.740. The lowest BCUT2D eigenvalue weighted by Crippen LogP contribution is -2.43. The minimum atomic E-state index is -2.98. The van der Waals surface area contributed by atoms with Crippen molar-refractivity contribution >= 4 is 35.8 Å². The van der Waals surface area contributed by atoms with E-state index in [4.69, 9.17) is 4.74 Å². The molecule has 7 nitrogen and oxygen atoms in total. The summed E-state index contributed by atoms with van der Waals surface area (Å²) in [6.45, 7) is 2.17. The van der Waals surface area contributed by atoms with Crippen LogP contribution in [0.4, 0.5) is 8.78 Å². The first-order valence-corrected chi connectivity index (χ1v) is 10.6. The Kier molecular flexibility index (Phi) is 13.8. The number of rotatable bonds is 12. The van der Waals surface area contributed by atoms with Crippen LogP contribution >= 0.6 is 24.0 Å². The van der Waals surface area contributed by atoms with Crippen molar-refractivity contribution in [2.75, 3.05) is 26.2 Å². The molecule has 0 atom stereocenters. The molecule has 0 saturated heterocycles. The second-order valence-corrected chi connectivity index (χ2v) is 6.69. The first-order chi connectivity index (χ1) is 15.5. The summed E-state index contributed by atoms with van der Waals surface area (Å²) in [6, 6.07) is 14.8. The molecule has 2 aromatic carbocycles. The zero-order valence-corrected chi connectivity index (χ0v) is 21.1.